The maximum Gasteiger partial charge on any atom is 0.331 e. The van der Waals surface area contributed by atoms with Gasteiger partial charge >= 0.3 is 5.97 Å². The van der Waals surface area contributed by atoms with Crippen LogP contribution >= 0.6 is 0 Å². The van der Waals surface area contributed by atoms with Crippen LogP contribution in [0.25, 0.3) is 5.57 Å². The third-order valence-corrected chi connectivity index (χ3v) is 5.30. The molecule has 0 fully saturated rings. The summed E-state index contributed by atoms with van der Waals surface area (Å²) in [5.74, 6) is -1.11. The first-order valence-electron chi connectivity index (χ1n) is 10.2. The highest BCUT2D eigenvalue weighted by Crippen LogP contribution is 2.45. The van der Waals surface area contributed by atoms with E-state index in [0.29, 0.717) is 16.9 Å². The molecule has 1 aliphatic heterocycles. The molecule has 5 heteroatoms. The molecular formula is C26H23NO4. The molecule has 0 bridgehead atoms. The number of rotatable bonds is 5. The molecule has 5 nitrogen and oxygen atoms in total. The fourth-order valence-electron chi connectivity index (χ4n) is 3.92. The summed E-state index contributed by atoms with van der Waals surface area (Å²) in [5.41, 5.74) is 0.923. The van der Waals surface area contributed by atoms with Gasteiger partial charge in [-0.3, -0.25) is 9.69 Å². The number of amides is 1. The van der Waals surface area contributed by atoms with Gasteiger partial charge < -0.3 is 9.84 Å². The normalized spacial score (nSPS) is 19.2. The number of fused-ring (bicyclic) bond motifs is 1. The molecular weight excluding hydrogens is 390 g/mol. The van der Waals surface area contributed by atoms with E-state index >= 15 is 0 Å². The molecule has 3 aromatic carbocycles. The molecule has 3 aromatic rings. The monoisotopic (exact) mass is 413 g/mol. The molecule has 0 aliphatic carbocycles. The minimum absolute atomic E-state index is 0.0234. The predicted molar refractivity (Wildman–Crippen MR) is 120 cm³/mol. The molecule has 1 heterocycles. The van der Waals surface area contributed by atoms with Crippen molar-refractivity contribution in [2.45, 2.75) is 18.9 Å². The first kappa shape index (κ1) is 20.6. The van der Waals surface area contributed by atoms with Crippen molar-refractivity contribution in [2.24, 2.45) is 0 Å². The van der Waals surface area contributed by atoms with Gasteiger partial charge in [0.25, 0.3) is 5.91 Å². The van der Waals surface area contributed by atoms with Crippen LogP contribution in [0.15, 0.2) is 91.0 Å². The summed E-state index contributed by atoms with van der Waals surface area (Å²) in [6.45, 7) is 1.91. The average Bonchev–Trinajstić information content (AvgIpc) is 2.79. The number of carbonyl (C=O) groups excluding carboxylic acids is 2. The van der Waals surface area contributed by atoms with Crippen molar-refractivity contribution in [3.8, 4) is 0 Å². The van der Waals surface area contributed by atoms with E-state index in [4.69, 9.17) is 4.74 Å². The summed E-state index contributed by atoms with van der Waals surface area (Å²) >= 11 is 0. The van der Waals surface area contributed by atoms with E-state index in [-0.39, 0.29) is 18.6 Å². The lowest BCUT2D eigenvalue weighted by atomic mass is 9.77. The third-order valence-electron chi connectivity index (χ3n) is 5.30. The molecule has 156 valence electrons. The number of benzene rings is 3. The first-order valence-corrected chi connectivity index (χ1v) is 10.2. The van der Waals surface area contributed by atoms with Crippen molar-refractivity contribution in [2.75, 3.05) is 11.5 Å². The van der Waals surface area contributed by atoms with Gasteiger partial charge in [-0.25, -0.2) is 4.79 Å². The summed E-state index contributed by atoms with van der Waals surface area (Å²) in [7, 11) is 0. The lowest BCUT2D eigenvalue weighted by molar-refractivity contribution is -0.137. The Balaban J connectivity index is 1.94. The number of anilines is 2. The van der Waals surface area contributed by atoms with Gasteiger partial charge in [-0.1, -0.05) is 66.7 Å². The maximum absolute atomic E-state index is 13.8. The zero-order chi connectivity index (χ0) is 21.8. The molecule has 1 N–H and O–H groups in total. The highest BCUT2D eigenvalue weighted by Gasteiger charge is 2.49. The first-order chi connectivity index (χ1) is 15.0. The Kier molecular flexibility index (Phi) is 5.69. The quantitative estimate of drug-likeness (QED) is 0.501. The SMILES string of the molecule is CCOC(=O)/C=C1\c2ccccc2N(c2ccccc2)C(=O)C1(O)Cc1ccccc1. The highest BCUT2D eigenvalue weighted by molar-refractivity contribution is 6.19. The van der Waals surface area contributed by atoms with Crippen LogP contribution in [0.2, 0.25) is 0 Å². The van der Waals surface area contributed by atoms with Gasteiger partial charge in [0.15, 0.2) is 5.60 Å². The Morgan fingerprint density at radius 2 is 1.58 bits per heavy atom. The van der Waals surface area contributed by atoms with Crippen molar-refractivity contribution in [3.63, 3.8) is 0 Å². The minimum Gasteiger partial charge on any atom is -0.463 e. The van der Waals surface area contributed by atoms with E-state index in [2.05, 4.69) is 0 Å². The van der Waals surface area contributed by atoms with Crippen molar-refractivity contribution < 1.29 is 19.4 Å². The number of esters is 1. The highest BCUT2D eigenvalue weighted by atomic mass is 16.5. The van der Waals surface area contributed by atoms with Crippen LogP contribution in [0.5, 0.6) is 0 Å². The maximum atomic E-state index is 13.8. The number of para-hydroxylation sites is 2. The van der Waals surface area contributed by atoms with Gasteiger partial charge in [-0.05, 0) is 30.7 Å². The van der Waals surface area contributed by atoms with E-state index in [1.807, 2.05) is 72.8 Å². The van der Waals surface area contributed by atoms with Gasteiger partial charge in [-0.2, -0.15) is 0 Å². The second kappa shape index (κ2) is 8.58. The van der Waals surface area contributed by atoms with Crippen LogP contribution in [-0.4, -0.2) is 29.2 Å². The lowest BCUT2D eigenvalue weighted by Crippen LogP contribution is -2.53. The van der Waals surface area contributed by atoms with Crippen LogP contribution in [0.3, 0.4) is 0 Å². The lowest BCUT2D eigenvalue weighted by Gasteiger charge is -2.41. The number of aliphatic hydroxyl groups is 1. The number of carbonyl (C=O) groups is 2. The molecule has 1 amide bonds. The van der Waals surface area contributed by atoms with Gasteiger partial charge in [0.1, 0.15) is 0 Å². The summed E-state index contributed by atoms with van der Waals surface area (Å²) < 4.78 is 5.10. The van der Waals surface area contributed by atoms with Gasteiger partial charge in [0, 0.05) is 29.3 Å². The third kappa shape index (κ3) is 3.88. The zero-order valence-corrected chi connectivity index (χ0v) is 17.2. The summed E-state index contributed by atoms with van der Waals surface area (Å²) in [4.78, 5) is 27.7. The Morgan fingerprint density at radius 1 is 0.968 bits per heavy atom. The number of hydrogen-bond acceptors (Lipinski definition) is 4. The molecule has 1 atom stereocenters. The van der Waals surface area contributed by atoms with Gasteiger partial charge in [0.05, 0.1) is 12.3 Å². The largest absolute Gasteiger partial charge is 0.463 e. The Hall–Kier alpha value is -3.70. The second-order valence-corrected chi connectivity index (χ2v) is 7.33. The van der Waals surface area contributed by atoms with Crippen LogP contribution in [0.1, 0.15) is 18.1 Å². The van der Waals surface area contributed by atoms with Gasteiger partial charge in [0.2, 0.25) is 0 Å². The fraction of sp³-hybridized carbons (Fsp3) is 0.154. The summed E-state index contributed by atoms with van der Waals surface area (Å²) in [5, 5.41) is 11.9. The average molecular weight is 413 g/mol. The number of ether oxygens (including phenoxy) is 1. The molecule has 0 radical (unpaired) electrons. The second-order valence-electron chi connectivity index (χ2n) is 7.33. The van der Waals surface area contributed by atoms with Crippen LogP contribution in [-0.2, 0) is 20.7 Å². The van der Waals surface area contributed by atoms with E-state index < -0.39 is 17.5 Å². The van der Waals surface area contributed by atoms with Crippen molar-refractivity contribution in [1.29, 1.82) is 0 Å². The summed E-state index contributed by atoms with van der Waals surface area (Å²) in [6.07, 6.45) is 1.26. The molecule has 31 heavy (non-hydrogen) atoms. The molecule has 0 saturated carbocycles. The Labute approximate surface area is 181 Å². The number of hydrogen-bond donors (Lipinski definition) is 1. The smallest absolute Gasteiger partial charge is 0.331 e. The van der Waals surface area contributed by atoms with Crippen LogP contribution in [0.4, 0.5) is 11.4 Å². The van der Waals surface area contributed by atoms with E-state index in [9.17, 15) is 14.7 Å². The van der Waals surface area contributed by atoms with E-state index in [1.165, 1.54) is 11.0 Å². The van der Waals surface area contributed by atoms with Crippen molar-refractivity contribution in [3.05, 3.63) is 102 Å². The Bertz CT molecular complexity index is 1120. The van der Waals surface area contributed by atoms with E-state index in [0.717, 1.165) is 5.56 Å². The van der Waals surface area contributed by atoms with E-state index in [1.54, 1.807) is 19.1 Å². The van der Waals surface area contributed by atoms with Crippen molar-refractivity contribution >= 4 is 28.8 Å². The van der Waals surface area contributed by atoms with Gasteiger partial charge in [-0.15, -0.1) is 0 Å². The molecule has 1 aliphatic rings. The molecule has 1 unspecified atom stereocenters. The Morgan fingerprint density at radius 3 is 2.26 bits per heavy atom. The fourth-order valence-corrected chi connectivity index (χ4v) is 3.92. The molecule has 0 spiro atoms. The minimum atomic E-state index is -1.95. The predicted octanol–water partition coefficient (Wildman–Crippen LogP) is 4.29. The zero-order valence-electron chi connectivity index (χ0n) is 17.2. The van der Waals surface area contributed by atoms with Crippen LogP contribution < -0.4 is 4.90 Å². The summed E-state index contributed by atoms with van der Waals surface area (Å²) in [6, 6.07) is 25.7. The van der Waals surface area contributed by atoms with Crippen LogP contribution in [0, 0.1) is 0 Å². The standard InChI is InChI=1S/C26H23NO4/c1-2-31-24(28)17-22-21-15-9-10-16-23(21)27(20-13-7-4-8-14-20)25(29)26(22,30)18-19-11-5-3-6-12-19/h3-17,30H,2,18H2,1H3/b22-17+. The number of nitrogens with zero attached hydrogens (tertiary/aromatic N) is 1. The molecule has 0 aromatic heterocycles. The topological polar surface area (TPSA) is 66.8 Å². The van der Waals surface area contributed by atoms with Crippen molar-refractivity contribution in [1.82, 2.24) is 0 Å². The molecule has 4 rings (SSSR count). The molecule has 0 saturated heterocycles.